The zero-order valence-corrected chi connectivity index (χ0v) is 19.0. The highest BCUT2D eigenvalue weighted by Gasteiger charge is 2.33. The van der Waals surface area contributed by atoms with E-state index >= 15 is 0 Å². The van der Waals surface area contributed by atoms with Crippen molar-refractivity contribution in [1.29, 1.82) is 0 Å². The number of aryl methyl sites for hydroxylation is 1. The molecule has 5 heteroatoms. The minimum Gasteiger partial charge on any atom is -0.496 e. The molecule has 0 radical (unpaired) electrons. The molecule has 2 atom stereocenters. The second-order valence-electron chi connectivity index (χ2n) is 9.33. The third kappa shape index (κ3) is 4.55. The Hall–Kier alpha value is -3.05. The van der Waals surface area contributed by atoms with Gasteiger partial charge in [-0.3, -0.25) is 4.79 Å². The first kappa shape index (κ1) is 21.8. The van der Waals surface area contributed by atoms with Crippen molar-refractivity contribution in [3.05, 3.63) is 60.2 Å². The van der Waals surface area contributed by atoms with Crippen LogP contribution in [0.1, 0.15) is 37.7 Å². The van der Waals surface area contributed by atoms with Gasteiger partial charge in [-0.2, -0.15) is 0 Å². The Labute approximate surface area is 194 Å². The van der Waals surface area contributed by atoms with Gasteiger partial charge in [-0.25, -0.2) is 0 Å². The Balaban J connectivity index is 1.49. The molecule has 0 aromatic heterocycles. The standard InChI is InChI=1S/C28H31NO4/c1-32-25-9-4-10-26(33-17-18-15-20-12-13-21(16-18)29-20)28(25)24-8-3-6-22-19(11-14-27(30)31)5-2-7-23(22)24/h2-10,18,20-21,29H,11-17H2,1H3,(H,30,31). The number of carbonyl (C=O) groups is 1. The second-order valence-corrected chi connectivity index (χ2v) is 9.33. The summed E-state index contributed by atoms with van der Waals surface area (Å²) in [4.78, 5) is 11.1. The van der Waals surface area contributed by atoms with E-state index in [9.17, 15) is 4.79 Å². The van der Waals surface area contributed by atoms with Crippen LogP contribution in [0, 0.1) is 5.92 Å². The quantitative estimate of drug-likeness (QED) is 0.483. The molecule has 2 aliphatic heterocycles. The van der Waals surface area contributed by atoms with E-state index in [4.69, 9.17) is 14.6 Å². The fraction of sp³-hybridized carbons (Fsp3) is 0.393. The molecular formula is C28H31NO4. The van der Waals surface area contributed by atoms with Crippen molar-refractivity contribution in [1.82, 2.24) is 5.32 Å². The van der Waals surface area contributed by atoms with Crippen molar-refractivity contribution in [2.45, 2.75) is 50.6 Å². The SMILES string of the molecule is COc1cccc(OCC2CC3CCC(C2)N3)c1-c1cccc2c(CCC(=O)O)cccc12. The van der Waals surface area contributed by atoms with Crippen molar-refractivity contribution in [3.8, 4) is 22.6 Å². The zero-order chi connectivity index (χ0) is 22.8. The number of methoxy groups -OCH3 is 1. The summed E-state index contributed by atoms with van der Waals surface area (Å²) >= 11 is 0. The molecule has 3 aromatic rings. The molecule has 2 aliphatic rings. The van der Waals surface area contributed by atoms with Crippen LogP contribution in [0.3, 0.4) is 0 Å². The molecule has 172 valence electrons. The van der Waals surface area contributed by atoms with Gasteiger partial charge in [0, 0.05) is 18.5 Å². The average molecular weight is 446 g/mol. The van der Waals surface area contributed by atoms with E-state index in [-0.39, 0.29) is 6.42 Å². The zero-order valence-electron chi connectivity index (χ0n) is 19.0. The number of benzene rings is 3. The van der Waals surface area contributed by atoms with Gasteiger partial charge in [0.05, 0.1) is 19.3 Å². The first-order valence-electron chi connectivity index (χ1n) is 11.9. The van der Waals surface area contributed by atoms with E-state index in [2.05, 4.69) is 23.5 Å². The minimum atomic E-state index is -0.782. The lowest BCUT2D eigenvalue weighted by atomic mass is 9.92. The Bertz CT molecular complexity index is 1150. The number of carboxylic acids is 1. The van der Waals surface area contributed by atoms with E-state index in [0.717, 1.165) is 39.0 Å². The van der Waals surface area contributed by atoms with Crippen molar-refractivity contribution < 1.29 is 19.4 Å². The average Bonchev–Trinajstić information content (AvgIpc) is 3.18. The molecule has 0 saturated carbocycles. The van der Waals surface area contributed by atoms with Crippen LogP contribution in [0.4, 0.5) is 0 Å². The number of rotatable bonds is 8. The van der Waals surface area contributed by atoms with Crippen molar-refractivity contribution in [2.24, 2.45) is 5.92 Å². The van der Waals surface area contributed by atoms with Gasteiger partial charge in [-0.05, 0) is 72.1 Å². The van der Waals surface area contributed by atoms with Crippen LogP contribution in [0.25, 0.3) is 21.9 Å². The molecule has 0 amide bonds. The number of fused-ring (bicyclic) bond motifs is 3. The van der Waals surface area contributed by atoms with E-state index < -0.39 is 5.97 Å². The maximum atomic E-state index is 11.1. The summed E-state index contributed by atoms with van der Waals surface area (Å²) in [7, 11) is 1.69. The number of hydrogen-bond acceptors (Lipinski definition) is 4. The number of aliphatic carboxylic acids is 1. The number of nitrogens with one attached hydrogen (secondary N) is 1. The van der Waals surface area contributed by atoms with Gasteiger partial charge in [0.25, 0.3) is 0 Å². The summed E-state index contributed by atoms with van der Waals surface area (Å²) in [5, 5.41) is 15.0. The monoisotopic (exact) mass is 445 g/mol. The van der Waals surface area contributed by atoms with E-state index in [1.807, 2.05) is 36.4 Å². The highest BCUT2D eigenvalue weighted by atomic mass is 16.5. The molecule has 2 N–H and O–H groups in total. The topological polar surface area (TPSA) is 67.8 Å². The number of ether oxygens (including phenoxy) is 2. The summed E-state index contributed by atoms with van der Waals surface area (Å²) in [6.45, 7) is 0.712. The fourth-order valence-electron chi connectivity index (χ4n) is 5.64. The van der Waals surface area contributed by atoms with Gasteiger partial charge in [0.15, 0.2) is 0 Å². The molecule has 2 fully saturated rings. The van der Waals surface area contributed by atoms with Gasteiger partial charge < -0.3 is 19.9 Å². The molecule has 2 heterocycles. The molecule has 2 unspecified atom stereocenters. The molecular weight excluding hydrogens is 414 g/mol. The molecule has 33 heavy (non-hydrogen) atoms. The number of hydrogen-bond donors (Lipinski definition) is 2. The number of piperidine rings is 1. The molecule has 3 aromatic carbocycles. The molecule has 0 spiro atoms. The van der Waals surface area contributed by atoms with Gasteiger partial charge in [-0.15, -0.1) is 0 Å². The third-order valence-electron chi connectivity index (χ3n) is 7.14. The van der Waals surface area contributed by atoms with Crippen LogP contribution in [0.2, 0.25) is 0 Å². The lowest BCUT2D eigenvalue weighted by molar-refractivity contribution is -0.136. The molecule has 0 aliphatic carbocycles. The summed E-state index contributed by atoms with van der Waals surface area (Å²) in [6.07, 6.45) is 5.54. The Kier molecular flexibility index (Phi) is 6.23. The van der Waals surface area contributed by atoms with E-state index in [0.29, 0.717) is 31.0 Å². The molecule has 5 nitrogen and oxygen atoms in total. The van der Waals surface area contributed by atoms with Crippen LogP contribution >= 0.6 is 0 Å². The predicted molar refractivity (Wildman–Crippen MR) is 130 cm³/mol. The number of carboxylic acid groups (broad SMARTS) is 1. The van der Waals surface area contributed by atoms with Crippen LogP contribution < -0.4 is 14.8 Å². The molecule has 2 saturated heterocycles. The van der Waals surface area contributed by atoms with E-state index in [1.165, 1.54) is 25.7 Å². The Morgan fingerprint density at radius 2 is 1.67 bits per heavy atom. The molecule has 2 bridgehead atoms. The van der Waals surface area contributed by atoms with Crippen molar-refractivity contribution >= 4 is 16.7 Å². The first-order chi connectivity index (χ1) is 16.1. The largest absolute Gasteiger partial charge is 0.496 e. The fourth-order valence-corrected chi connectivity index (χ4v) is 5.64. The predicted octanol–water partition coefficient (Wildman–Crippen LogP) is 5.44. The Morgan fingerprint density at radius 3 is 2.42 bits per heavy atom. The highest BCUT2D eigenvalue weighted by Crippen LogP contribution is 2.43. The van der Waals surface area contributed by atoms with Crippen LogP contribution in [0.15, 0.2) is 54.6 Å². The lowest BCUT2D eigenvalue weighted by Crippen LogP contribution is -2.39. The summed E-state index contributed by atoms with van der Waals surface area (Å²) in [6, 6.07) is 19.6. The highest BCUT2D eigenvalue weighted by molar-refractivity contribution is 6.01. The van der Waals surface area contributed by atoms with Gasteiger partial charge in [0.2, 0.25) is 0 Å². The lowest BCUT2D eigenvalue weighted by Gasteiger charge is -2.29. The summed E-state index contributed by atoms with van der Waals surface area (Å²) in [5.74, 6) is 1.40. The maximum absolute atomic E-state index is 11.1. The summed E-state index contributed by atoms with van der Waals surface area (Å²) < 4.78 is 12.2. The maximum Gasteiger partial charge on any atom is 0.303 e. The summed E-state index contributed by atoms with van der Waals surface area (Å²) in [5.41, 5.74) is 3.04. The normalized spacial score (nSPS) is 21.8. The Morgan fingerprint density at radius 1 is 0.970 bits per heavy atom. The van der Waals surface area contributed by atoms with Crippen molar-refractivity contribution in [3.63, 3.8) is 0 Å². The second kappa shape index (κ2) is 9.44. The van der Waals surface area contributed by atoms with Crippen molar-refractivity contribution in [2.75, 3.05) is 13.7 Å². The van der Waals surface area contributed by atoms with Crippen LogP contribution in [-0.2, 0) is 11.2 Å². The van der Waals surface area contributed by atoms with Crippen LogP contribution in [0.5, 0.6) is 11.5 Å². The van der Waals surface area contributed by atoms with Gasteiger partial charge in [0.1, 0.15) is 11.5 Å². The molecule has 5 rings (SSSR count). The minimum absolute atomic E-state index is 0.116. The van der Waals surface area contributed by atoms with Gasteiger partial charge >= 0.3 is 5.97 Å². The third-order valence-corrected chi connectivity index (χ3v) is 7.14. The van der Waals surface area contributed by atoms with E-state index in [1.54, 1.807) is 7.11 Å². The van der Waals surface area contributed by atoms with Gasteiger partial charge in [-0.1, -0.05) is 42.5 Å². The van der Waals surface area contributed by atoms with Crippen LogP contribution in [-0.4, -0.2) is 36.9 Å². The first-order valence-corrected chi connectivity index (χ1v) is 11.9. The smallest absolute Gasteiger partial charge is 0.303 e.